The summed E-state index contributed by atoms with van der Waals surface area (Å²) in [7, 11) is 0. The highest BCUT2D eigenvalue weighted by atomic mass is 32.1. The zero-order valence-electron chi connectivity index (χ0n) is 14.0. The Morgan fingerprint density at radius 2 is 2.04 bits per heavy atom. The fourth-order valence-corrected chi connectivity index (χ4v) is 4.30. The lowest BCUT2D eigenvalue weighted by Crippen LogP contribution is -2.24. The van der Waals surface area contributed by atoms with Crippen LogP contribution in [-0.2, 0) is 16.0 Å². The molecule has 0 saturated heterocycles. The van der Waals surface area contributed by atoms with Gasteiger partial charge in [0, 0.05) is 29.0 Å². The third-order valence-corrected chi connectivity index (χ3v) is 5.76. The summed E-state index contributed by atoms with van der Waals surface area (Å²) in [5, 5.41) is 8.51. The summed E-state index contributed by atoms with van der Waals surface area (Å²) in [5.74, 6) is 0.309. The van der Waals surface area contributed by atoms with Crippen molar-refractivity contribution in [3.8, 4) is 11.3 Å². The number of rotatable bonds is 3. The average Bonchev–Trinajstić information content (AvgIpc) is 3.10. The van der Waals surface area contributed by atoms with E-state index in [4.69, 9.17) is 0 Å². The highest BCUT2D eigenvalue weighted by Crippen LogP contribution is 2.31. The summed E-state index contributed by atoms with van der Waals surface area (Å²) in [6.45, 7) is 0. The predicted octanol–water partition coefficient (Wildman–Crippen LogP) is 4.21. The van der Waals surface area contributed by atoms with Crippen molar-refractivity contribution in [2.45, 2.75) is 44.9 Å². The van der Waals surface area contributed by atoms with Gasteiger partial charge in [-0.15, -0.1) is 11.3 Å². The minimum atomic E-state index is 0.0709. The normalized spacial score (nSPS) is 17.7. The first-order valence-corrected chi connectivity index (χ1v) is 9.76. The summed E-state index contributed by atoms with van der Waals surface area (Å²) in [4.78, 5) is 28.4. The topological polar surface area (TPSA) is 71.1 Å². The van der Waals surface area contributed by atoms with Crippen molar-refractivity contribution in [1.82, 2.24) is 4.98 Å². The number of nitrogens with one attached hydrogen (secondary N) is 2. The molecule has 0 bridgehead atoms. The fraction of sp³-hybridized carbons (Fsp3) is 0.421. The Morgan fingerprint density at radius 3 is 2.88 bits per heavy atom. The van der Waals surface area contributed by atoms with Crippen molar-refractivity contribution < 1.29 is 9.59 Å². The molecular formula is C19H21N3O2S. The van der Waals surface area contributed by atoms with Crippen molar-refractivity contribution in [3.05, 3.63) is 29.1 Å². The molecular weight excluding hydrogens is 334 g/mol. The van der Waals surface area contributed by atoms with Crippen molar-refractivity contribution in [1.29, 1.82) is 0 Å². The van der Waals surface area contributed by atoms with Crippen LogP contribution in [0.1, 0.15) is 44.1 Å². The van der Waals surface area contributed by atoms with Crippen molar-refractivity contribution in [2.75, 3.05) is 10.6 Å². The van der Waals surface area contributed by atoms with Crippen LogP contribution in [0.15, 0.2) is 23.6 Å². The SMILES string of the molecule is O=C1CCc2cc(-c3csc(NC(=O)C4CCCCC4)n3)ccc2N1. The number of benzene rings is 1. The van der Waals surface area contributed by atoms with Crippen LogP contribution in [0.25, 0.3) is 11.3 Å². The lowest BCUT2D eigenvalue weighted by Gasteiger charge is -2.19. The standard InChI is InChI=1S/C19H21N3O2S/c23-17-9-7-13-10-14(6-8-15(13)20-17)16-11-25-19(21-16)22-18(24)12-4-2-1-3-5-12/h6,8,10-12H,1-5,7,9H2,(H,20,23)(H,21,22,24). The largest absolute Gasteiger partial charge is 0.326 e. The van der Waals surface area contributed by atoms with Crippen LogP contribution in [0.4, 0.5) is 10.8 Å². The third-order valence-electron chi connectivity index (χ3n) is 5.01. The molecule has 1 aliphatic heterocycles. The maximum absolute atomic E-state index is 12.4. The summed E-state index contributed by atoms with van der Waals surface area (Å²) in [6, 6.07) is 5.98. The molecule has 25 heavy (non-hydrogen) atoms. The number of anilines is 2. The number of fused-ring (bicyclic) bond motifs is 1. The molecule has 0 atom stereocenters. The third kappa shape index (κ3) is 3.58. The van der Waals surface area contributed by atoms with E-state index in [9.17, 15) is 9.59 Å². The molecule has 1 aromatic heterocycles. The number of hydrogen-bond donors (Lipinski definition) is 2. The molecule has 0 radical (unpaired) electrons. The van der Waals surface area contributed by atoms with E-state index in [-0.39, 0.29) is 17.7 Å². The molecule has 1 fully saturated rings. The number of aromatic nitrogens is 1. The second-order valence-electron chi connectivity index (χ2n) is 6.78. The number of carbonyl (C=O) groups excluding carboxylic acids is 2. The van der Waals surface area contributed by atoms with Crippen LogP contribution >= 0.6 is 11.3 Å². The zero-order chi connectivity index (χ0) is 17.2. The first-order chi connectivity index (χ1) is 12.2. The molecule has 1 aliphatic carbocycles. The summed E-state index contributed by atoms with van der Waals surface area (Å²) in [6.07, 6.45) is 6.78. The van der Waals surface area contributed by atoms with Gasteiger partial charge < -0.3 is 10.6 Å². The smallest absolute Gasteiger partial charge is 0.229 e. The van der Waals surface area contributed by atoms with Gasteiger partial charge in [-0.1, -0.05) is 25.3 Å². The second-order valence-corrected chi connectivity index (χ2v) is 7.64. The Bertz CT molecular complexity index is 809. The second kappa shape index (κ2) is 6.96. The molecule has 5 nitrogen and oxygen atoms in total. The number of thiazole rings is 1. The zero-order valence-corrected chi connectivity index (χ0v) is 14.8. The van der Waals surface area contributed by atoms with Crippen LogP contribution in [0.2, 0.25) is 0 Å². The average molecular weight is 355 g/mol. The molecule has 2 N–H and O–H groups in total. The fourth-order valence-electron chi connectivity index (χ4n) is 3.58. The molecule has 1 aromatic carbocycles. The van der Waals surface area contributed by atoms with E-state index in [1.165, 1.54) is 17.8 Å². The van der Waals surface area contributed by atoms with Crippen molar-refractivity contribution >= 4 is 34.0 Å². The molecule has 2 aliphatic rings. The Balaban J connectivity index is 1.47. The highest BCUT2D eigenvalue weighted by Gasteiger charge is 2.22. The number of nitrogens with zero attached hydrogens (tertiary/aromatic N) is 1. The van der Waals surface area contributed by atoms with Gasteiger partial charge >= 0.3 is 0 Å². The molecule has 2 amide bonds. The summed E-state index contributed by atoms with van der Waals surface area (Å²) in [5.41, 5.74) is 3.91. The molecule has 2 aromatic rings. The number of aryl methyl sites for hydroxylation is 1. The van der Waals surface area contributed by atoms with E-state index in [0.29, 0.717) is 11.6 Å². The van der Waals surface area contributed by atoms with Crippen LogP contribution in [0.3, 0.4) is 0 Å². The number of hydrogen-bond acceptors (Lipinski definition) is 4. The van der Waals surface area contributed by atoms with Gasteiger partial charge in [-0.05, 0) is 37.0 Å². The van der Waals surface area contributed by atoms with Crippen molar-refractivity contribution in [3.63, 3.8) is 0 Å². The first-order valence-electron chi connectivity index (χ1n) is 8.88. The van der Waals surface area contributed by atoms with Crippen LogP contribution in [0.5, 0.6) is 0 Å². The molecule has 2 heterocycles. The van der Waals surface area contributed by atoms with Gasteiger partial charge in [0.2, 0.25) is 11.8 Å². The van der Waals surface area contributed by atoms with E-state index in [2.05, 4.69) is 21.7 Å². The van der Waals surface area contributed by atoms with Crippen molar-refractivity contribution in [2.24, 2.45) is 5.92 Å². The monoisotopic (exact) mass is 355 g/mol. The number of amides is 2. The van der Waals surface area contributed by atoms with Gasteiger partial charge in [0.15, 0.2) is 5.13 Å². The minimum Gasteiger partial charge on any atom is -0.326 e. The summed E-state index contributed by atoms with van der Waals surface area (Å²) >= 11 is 1.46. The molecule has 130 valence electrons. The van der Waals surface area contributed by atoms with E-state index in [1.54, 1.807) is 0 Å². The molecule has 0 unspecified atom stereocenters. The maximum Gasteiger partial charge on any atom is 0.229 e. The predicted molar refractivity (Wildman–Crippen MR) is 99.7 cm³/mol. The molecule has 0 spiro atoms. The van der Waals surface area contributed by atoms with Gasteiger partial charge in [-0.3, -0.25) is 9.59 Å². The van der Waals surface area contributed by atoms with Crippen LogP contribution in [-0.4, -0.2) is 16.8 Å². The van der Waals surface area contributed by atoms with Gasteiger partial charge in [-0.25, -0.2) is 4.98 Å². The van der Waals surface area contributed by atoms with E-state index < -0.39 is 0 Å². The van der Waals surface area contributed by atoms with Gasteiger partial charge in [0.1, 0.15) is 0 Å². The molecule has 1 saturated carbocycles. The Kier molecular flexibility index (Phi) is 4.53. The van der Waals surface area contributed by atoms with Gasteiger partial charge in [0.25, 0.3) is 0 Å². The molecule has 6 heteroatoms. The lowest BCUT2D eigenvalue weighted by molar-refractivity contribution is -0.120. The highest BCUT2D eigenvalue weighted by molar-refractivity contribution is 7.14. The Hall–Kier alpha value is -2.21. The number of carbonyl (C=O) groups is 2. The van der Waals surface area contributed by atoms with Crippen LogP contribution in [0, 0.1) is 5.92 Å². The van der Waals surface area contributed by atoms with Gasteiger partial charge in [0.05, 0.1) is 5.69 Å². The van der Waals surface area contributed by atoms with Crippen LogP contribution < -0.4 is 10.6 Å². The first kappa shape index (κ1) is 16.3. The van der Waals surface area contributed by atoms with Gasteiger partial charge in [-0.2, -0.15) is 0 Å². The summed E-state index contributed by atoms with van der Waals surface area (Å²) < 4.78 is 0. The minimum absolute atomic E-state index is 0.0709. The Morgan fingerprint density at radius 1 is 1.20 bits per heavy atom. The quantitative estimate of drug-likeness (QED) is 0.866. The maximum atomic E-state index is 12.4. The van der Waals surface area contributed by atoms with E-state index >= 15 is 0 Å². The molecule has 4 rings (SSSR count). The van der Waals surface area contributed by atoms with E-state index in [0.717, 1.165) is 54.6 Å². The Labute approximate surface area is 150 Å². The lowest BCUT2D eigenvalue weighted by atomic mass is 9.89. The van der Waals surface area contributed by atoms with E-state index in [1.807, 2.05) is 17.5 Å².